The van der Waals surface area contributed by atoms with E-state index in [1.165, 1.54) is 22.9 Å². The molecular formula is C29H24N4O6. The molecule has 2 aliphatic heterocycles. The summed E-state index contributed by atoms with van der Waals surface area (Å²) in [6, 6.07) is 24.0. The molecule has 3 heterocycles. The van der Waals surface area contributed by atoms with Crippen molar-refractivity contribution < 1.29 is 28.7 Å². The van der Waals surface area contributed by atoms with Crippen LogP contribution < -0.4 is 19.4 Å². The van der Waals surface area contributed by atoms with Gasteiger partial charge in [-0.3, -0.25) is 19.1 Å². The zero-order valence-corrected chi connectivity index (χ0v) is 21.1. The normalized spacial score (nSPS) is 20.3. The first-order valence-corrected chi connectivity index (χ1v) is 12.3. The van der Waals surface area contributed by atoms with Gasteiger partial charge >= 0.3 is 5.97 Å². The molecule has 6 rings (SSSR count). The Bertz CT molecular complexity index is 1550. The van der Waals surface area contributed by atoms with E-state index in [9.17, 15) is 14.4 Å². The average molecular weight is 525 g/mol. The van der Waals surface area contributed by atoms with Gasteiger partial charge in [-0.1, -0.05) is 42.5 Å². The molecule has 0 bridgehead atoms. The fourth-order valence-corrected chi connectivity index (χ4v) is 5.06. The second kappa shape index (κ2) is 9.73. The van der Waals surface area contributed by atoms with E-state index in [1.54, 1.807) is 60.6 Å². The van der Waals surface area contributed by atoms with Gasteiger partial charge in [0.05, 0.1) is 24.5 Å². The van der Waals surface area contributed by atoms with E-state index in [4.69, 9.17) is 14.3 Å². The topological polar surface area (TPSA) is 103 Å². The largest absolute Gasteiger partial charge is 0.493 e. The lowest BCUT2D eigenvalue weighted by molar-refractivity contribution is -0.126. The maximum Gasteiger partial charge on any atom is 0.362 e. The molecule has 10 nitrogen and oxygen atoms in total. The van der Waals surface area contributed by atoms with Crippen LogP contribution in [0.3, 0.4) is 0 Å². The zero-order chi connectivity index (χ0) is 27.1. The molecule has 2 saturated heterocycles. The van der Waals surface area contributed by atoms with E-state index < -0.39 is 29.9 Å². The summed E-state index contributed by atoms with van der Waals surface area (Å²) in [5, 5.41) is 5.60. The Kier molecular flexibility index (Phi) is 6.08. The molecule has 1 aromatic heterocycles. The Morgan fingerprint density at radius 3 is 2.21 bits per heavy atom. The summed E-state index contributed by atoms with van der Waals surface area (Å²) in [6.07, 6.45) is 0.501. The third-order valence-electron chi connectivity index (χ3n) is 6.90. The number of imide groups is 1. The maximum atomic E-state index is 13.8. The Labute approximate surface area is 223 Å². The average Bonchev–Trinajstić information content (AvgIpc) is 3.64. The Morgan fingerprint density at radius 1 is 0.872 bits per heavy atom. The third-order valence-corrected chi connectivity index (χ3v) is 6.90. The molecule has 0 aliphatic carbocycles. The van der Waals surface area contributed by atoms with Crippen molar-refractivity contribution in [3.05, 3.63) is 102 Å². The molecule has 3 aromatic carbocycles. The van der Waals surface area contributed by atoms with Gasteiger partial charge in [-0.25, -0.2) is 14.8 Å². The van der Waals surface area contributed by atoms with Crippen molar-refractivity contribution in [1.29, 1.82) is 0 Å². The predicted octanol–water partition coefficient (Wildman–Crippen LogP) is 3.70. The lowest BCUT2D eigenvalue weighted by Gasteiger charge is -2.29. The number of aromatic nitrogens is 2. The van der Waals surface area contributed by atoms with Crippen molar-refractivity contribution in [3.63, 3.8) is 0 Å². The minimum absolute atomic E-state index is 0.203. The molecule has 2 aliphatic rings. The number of para-hydroxylation sites is 2. The minimum Gasteiger partial charge on any atom is -0.493 e. The van der Waals surface area contributed by atoms with Gasteiger partial charge in [0, 0.05) is 13.2 Å². The van der Waals surface area contributed by atoms with Crippen molar-refractivity contribution in [2.45, 2.75) is 12.1 Å². The Morgan fingerprint density at radius 2 is 1.56 bits per heavy atom. The van der Waals surface area contributed by atoms with Crippen LogP contribution in [0.5, 0.6) is 11.5 Å². The molecule has 0 spiro atoms. The molecule has 3 atom stereocenters. The lowest BCUT2D eigenvalue weighted by atomic mass is 9.90. The first kappa shape index (κ1) is 24.4. The molecule has 0 unspecified atom stereocenters. The van der Waals surface area contributed by atoms with Crippen LogP contribution in [-0.4, -0.2) is 40.8 Å². The molecule has 4 aromatic rings. The van der Waals surface area contributed by atoms with Gasteiger partial charge < -0.3 is 9.47 Å². The van der Waals surface area contributed by atoms with Crippen LogP contribution in [-0.2, 0) is 21.5 Å². The molecule has 2 fully saturated rings. The first-order chi connectivity index (χ1) is 19.0. The molecule has 196 valence electrons. The van der Waals surface area contributed by atoms with E-state index in [0.29, 0.717) is 16.9 Å². The summed E-state index contributed by atoms with van der Waals surface area (Å²) in [5.41, 5.74) is 2.11. The molecule has 39 heavy (non-hydrogen) atoms. The highest BCUT2D eigenvalue weighted by Gasteiger charge is 2.60. The number of hydroxylamine groups is 1. The second-order valence-corrected chi connectivity index (χ2v) is 9.15. The van der Waals surface area contributed by atoms with E-state index in [0.717, 1.165) is 0 Å². The maximum absolute atomic E-state index is 13.8. The van der Waals surface area contributed by atoms with Crippen LogP contribution >= 0.6 is 0 Å². The summed E-state index contributed by atoms with van der Waals surface area (Å²) in [6.45, 7) is 0. The number of methoxy groups -OCH3 is 1. The summed E-state index contributed by atoms with van der Waals surface area (Å²) in [4.78, 5) is 47.3. The van der Waals surface area contributed by atoms with Crippen LogP contribution in [0.15, 0.2) is 91.1 Å². The van der Waals surface area contributed by atoms with Crippen LogP contribution in [0.25, 0.3) is 0 Å². The monoisotopic (exact) mass is 524 g/mol. The quantitative estimate of drug-likeness (QED) is 0.214. The summed E-state index contributed by atoms with van der Waals surface area (Å²) >= 11 is 0. The molecule has 10 heteroatoms. The van der Waals surface area contributed by atoms with Crippen LogP contribution in [0.1, 0.15) is 22.1 Å². The summed E-state index contributed by atoms with van der Waals surface area (Å²) < 4.78 is 12.6. The van der Waals surface area contributed by atoms with Crippen molar-refractivity contribution >= 4 is 29.2 Å². The van der Waals surface area contributed by atoms with E-state index in [2.05, 4.69) is 5.10 Å². The SMILES string of the molecule is COc1cc([C@H]2[C@H]3C(=O)N(c4ccccc4)C(=O)[C@H]3ON2c2ccccc2)ccc1OC(=O)c1ccnn1C. The standard InChI is InChI=1S/C29H24N4O6/c1-31-21(15-16-30-31)29(36)38-22-14-13-18(17-23(22)37-2)25-24-26(39-33(25)20-11-7-4-8-12-20)28(35)32(27(24)34)19-9-5-3-6-10-19/h3-17,24-26H,1-2H3/t24-,25+,26+/m1/s1. The van der Waals surface area contributed by atoms with E-state index >= 15 is 0 Å². The third kappa shape index (κ3) is 4.11. The van der Waals surface area contributed by atoms with Gasteiger partial charge in [-0.2, -0.15) is 5.10 Å². The van der Waals surface area contributed by atoms with Gasteiger partial charge in [0.25, 0.3) is 5.91 Å². The highest BCUT2D eigenvalue weighted by Crippen LogP contribution is 2.48. The number of rotatable bonds is 6. The number of hydrogen-bond donors (Lipinski definition) is 0. The number of fused-ring (bicyclic) bond motifs is 1. The summed E-state index contributed by atoms with van der Waals surface area (Å²) in [5.74, 6) is -1.69. The van der Waals surface area contributed by atoms with Crippen molar-refractivity contribution in [2.75, 3.05) is 17.1 Å². The fourth-order valence-electron chi connectivity index (χ4n) is 5.06. The number of nitrogens with zero attached hydrogens (tertiary/aromatic N) is 4. The molecule has 0 N–H and O–H groups in total. The lowest BCUT2D eigenvalue weighted by Crippen LogP contribution is -2.37. The number of anilines is 2. The molecule has 0 radical (unpaired) electrons. The number of benzene rings is 3. The van der Waals surface area contributed by atoms with Crippen molar-refractivity contribution in [3.8, 4) is 11.5 Å². The molecule has 2 amide bonds. The van der Waals surface area contributed by atoms with E-state index in [-0.39, 0.29) is 23.1 Å². The summed E-state index contributed by atoms with van der Waals surface area (Å²) in [7, 11) is 3.11. The second-order valence-electron chi connectivity index (χ2n) is 9.15. The fraction of sp³-hybridized carbons (Fsp3) is 0.172. The van der Waals surface area contributed by atoms with Gasteiger partial charge in [0.2, 0.25) is 5.91 Å². The number of esters is 1. The smallest absolute Gasteiger partial charge is 0.362 e. The number of carbonyl (C=O) groups excluding carboxylic acids is 3. The van der Waals surface area contributed by atoms with Crippen LogP contribution in [0.4, 0.5) is 11.4 Å². The number of aryl methyl sites for hydroxylation is 1. The number of amides is 2. The van der Waals surface area contributed by atoms with Crippen LogP contribution in [0, 0.1) is 5.92 Å². The number of hydrogen-bond acceptors (Lipinski definition) is 8. The van der Waals surface area contributed by atoms with Crippen molar-refractivity contribution in [2.24, 2.45) is 13.0 Å². The highest BCUT2D eigenvalue weighted by atomic mass is 16.7. The minimum atomic E-state index is -1.00. The predicted molar refractivity (Wildman–Crippen MR) is 140 cm³/mol. The zero-order valence-electron chi connectivity index (χ0n) is 21.1. The van der Waals surface area contributed by atoms with Crippen molar-refractivity contribution in [1.82, 2.24) is 9.78 Å². The van der Waals surface area contributed by atoms with Gasteiger partial charge in [0.15, 0.2) is 17.6 Å². The van der Waals surface area contributed by atoms with E-state index in [1.807, 2.05) is 36.4 Å². The highest BCUT2D eigenvalue weighted by molar-refractivity contribution is 6.23. The van der Waals surface area contributed by atoms with Gasteiger partial charge in [-0.05, 0) is 48.0 Å². The molecular weight excluding hydrogens is 500 g/mol. The number of carbonyl (C=O) groups is 3. The number of ether oxygens (including phenoxy) is 2. The Balaban J connectivity index is 1.38. The van der Waals surface area contributed by atoms with Gasteiger partial charge in [-0.15, -0.1) is 0 Å². The molecule has 0 saturated carbocycles. The van der Waals surface area contributed by atoms with Gasteiger partial charge in [0.1, 0.15) is 11.6 Å². The van der Waals surface area contributed by atoms with Crippen LogP contribution in [0.2, 0.25) is 0 Å². The first-order valence-electron chi connectivity index (χ1n) is 12.3. The Hall–Kier alpha value is -4.96.